The molecule has 1 amide bonds. The second-order valence-electron chi connectivity index (χ2n) is 10.6. The third-order valence-corrected chi connectivity index (χ3v) is 9.74. The Balaban J connectivity index is 1.10. The number of aromatic carboxylic acids is 1. The highest BCUT2D eigenvalue weighted by molar-refractivity contribution is 7.22. The van der Waals surface area contributed by atoms with Gasteiger partial charge in [0.05, 0.1) is 27.4 Å². The summed E-state index contributed by atoms with van der Waals surface area (Å²) in [6, 6.07) is 20.6. The predicted octanol–water partition coefficient (Wildman–Crippen LogP) is 7.09. The van der Waals surface area contributed by atoms with E-state index in [0.29, 0.717) is 68.6 Å². The lowest BCUT2D eigenvalue weighted by Crippen LogP contribution is -2.32. The van der Waals surface area contributed by atoms with Crippen LogP contribution in [0.5, 0.6) is 5.75 Å². The molecule has 13 heteroatoms. The molecule has 1 aliphatic heterocycles. The van der Waals surface area contributed by atoms with Gasteiger partial charge in [0.2, 0.25) is 5.69 Å². The Labute approximate surface area is 271 Å². The molecular weight excluding hydrogens is 623 g/mol. The summed E-state index contributed by atoms with van der Waals surface area (Å²) in [7, 11) is 0. The Morgan fingerprint density at radius 1 is 1.11 bits per heavy atom. The maximum atomic E-state index is 13.4. The molecule has 0 bridgehead atoms. The van der Waals surface area contributed by atoms with Gasteiger partial charge in [0.25, 0.3) is 5.91 Å². The minimum atomic E-state index is -1.14. The number of carboxylic acid groups (broad SMARTS) is 1. The fourth-order valence-electron chi connectivity index (χ4n) is 5.43. The molecule has 0 saturated carbocycles. The molecule has 0 radical (unpaired) electrons. The molecule has 6 aromatic rings. The normalized spacial score (nSPS) is 12.5. The predicted molar refractivity (Wildman–Crippen MR) is 177 cm³/mol. The third-order valence-electron chi connectivity index (χ3n) is 7.70. The van der Waals surface area contributed by atoms with E-state index in [1.807, 2.05) is 47.4 Å². The Morgan fingerprint density at radius 3 is 2.78 bits per heavy atom. The summed E-state index contributed by atoms with van der Waals surface area (Å²) in [4.78, 5) is 40.7. The lowest BCUT2D eigenvalue weighted by molar-refractivity contribution is 0.0688. The van der Waals surface area contributed by atoms with Crippen molar-refractivity contribution in [1.82, 2.24) is 20.2 Å². The molecule has 3 aromatic heterocycles. The van der Waals surface area contributed by atoms with E-state index in [4.69, 9.17) is 11.3 Å². The number of aromatic nitrogens is 4. The summed E-state index contributed by atoms with van der Waals surface area (Å²) in [6.45, 7) is 10.3. The monoisotopic (exact) mass is 647 g/mol. The van der Waals surface area contributed by atoms with Crippen LogP contribution in [-0.4, -0.2) is 43.7 Å². The maximum absolute atomic E-state index is 13.4. The van der Waals surface area contributed by atoms with Crippen molar-refractivity contribution in [1.29, 1.82) is 0 Å². The Bertz CT molecular complexity index is 2150. The van der Waals surface area contributed by atoms with E-state index in [1.54, 1.807) is 31.2 Å². The fourth-order valence-corrected chi connectivity index (χ4v) is 7.28. The van der Waals surface area contributed by atoms with Gasteiger partial charge in [-0.25, -0.2) is 19.6 Å². The Kier molecular flexibility index (Phi) is 7.65. The summed E-state index contributed by atoms with van der Waals surface area (Å²) in [5.74, 6) is -0.874. The average Bonchev–Trinajstić information content (AvgIpc) is 3.79. The molecule has 0 fully saturated rings. The lowest BCUT2D eigenvalue weighted by atomic mass is 9.94. The number of benzene rings is 3. The first-order valence-electron chi connectivity index (χ1n) is 14.3. The van der Waals surface area contributed by atoms with Gasteiger partial charge in [-0.3, -0.25) is 15.2 Å². The van der Waals surface area contributed by atoms with E-state index in [-0.39, 0.29) is 18.2 Å². The van der Waals surface area contributed by atoms with Crippen LogP contribution in [0.3, 0.4) is 0 Å². The van der Waals surface area contributed by atoms with Gasteiger partial charge in [-0.05, 0) is 60.4 Å². The summed E-state index contributed by atoms with van der Waals surface area (Å²) in [5.41, 5.74) is 5.63. The van der Waals surface area contributed by atoms with E-state index in [2.05, 4.69) is 30.3 Å². The van der Waals surface area contributed by atoms with Crippen molar-refractivity contribution in [2.24, 2.45) is 0 Å². The fraction of sp³-hybridized carbons (Fsp3) is 0.152. The summed E-state index contributed by atoms with van der Waals surface area (Å²) in [6.07, 6.45) is 0.678. The van der Waals surface area contributed by atoms with E-state index in [9.17, 15) is 14.7 Å². The SMILES string of the molecule is [C-]#[N+]c1c(-c2cccc(OCc3sc(N4CCc5cccc(C(=O)Nc6nc7ccccc7s6)c5C4)nc3C(=O)O)c2)n[nH]c1C. The molecule has 3 N–H and O–H groups in total. The third kappa shape index (κ3) is 5.55. The number of carboxylic acids is 1. The number of nitrogens with one attached hydrogen (secondary N) is 2. The molecule has 3 aromatic carbocycles. The van der Waals surface area contributed by atoms with Crippen molar-refractivity contribution in [2.75, 3.05) is 16.8 Å². The standard InChI is InChI=1S/C33H25N7O4S2/c1-18-27(34-2)28(39-38-18)20-8-5-9-21(15-20)44-17-26-29(31(42)43)36-33(46-26)40-14-13-19-7-6-10-22(23(19)16-40)30(41)37-32-35-24-11-3-4-12-25(24)45-32/h3-12,15H,13-14,16-17H2,1H3,(H,38,39)(H,42,43)(H,35,37,41). The summed E-state index contributed by atoms with van der Waals surface area (Å²) < 4.78 is 7.02. The van der Waals surface area contributed by atoms with E-state index >= 15 is 0 Å². The van der Waals surface area contributed by atoms with Crippen LogP contribution in [-0.2, 0) is 19.6 Å². The van der Waals surface area contributed by atoms with Crippen LogP contribution < -0.4 is 15.0 Å². The van der Waals surface area contributed by atoms with Gasteiger partial charge in [-0.15, -0.1) is 0 Å². The number of fused-ring (bicyclic) bond motifs is 2. The highest BCUT2D eigenvalue weighted by Crippen LogP contribution is 2.35. The van der Waals surface area contributed by atoms with Gasteiger partial charge in [-0.1, -0.05) is 59.1 Å². The molecule has 46 heavy (non-hydrogen) atoms. The van der Waals surface area contributed by atoms with Gasteiger partial charge >= 0.3 is 5.97 Å². The van der Waals surface area contributed by atoms with Crippen LogP contribution in [0.15, 0.2) is 66.7 Å². The number of anilines is 2. The molecule has 0 saturated heterocycles. The number of hydrogen-bond donors (Lipinski definition) is 3. The number of amides is 1. The molecule has 0 unspecified atom stereocenters. The first-order valence-corrected chi connectivity index (χ1v) is 15.9. The number of carbonyl (C=O) groups is 2. The number of aryl methyl sites for hydroxylation is 1. The van der Waals surface area contributed by atoms with E-state index < -0.39 is 5.97 Å². The van der Waals surface area contributed by atoms with Crippen LogP contribution in [0, 0.1) is 13.5 Å². The van der Waals surface area contributed by atoms with E-state index in [1.165, 1.54) is 22.7 Å². The second kappa shape index (κ2) is 12.1. The number of para-hydroxylation sites is 1. The molecule has 0 spiro atoms. The van der Waals surface area contributed by atoms with Crippen molar-refractivity contribution in [3.05, 3.63) is 111 Å². The number of ether oxygens (including phenoxy) is 1. The number of thiazole rings is 2. The van der Waals surface area contributed by atoms with Gasteiger partial charge < -0.3 is 14.7 Å². The molecule has 11 nitrogen and oxygen atoms in total. The van der Waals surface area contributed by atoms with Gasteiger partial charge in [0, 0.05) is 24.3 Å². The number of aromatic amines is 1. The number of H-pyrrole nitrogens is 1. The highest BCUT2D eigenvalue weighted by atomic mass is 32.1. The van der Waals surface area contributed by atoms with E-state index in [0.717, 1.165) is 21.3 Å². The molecule has 7 rings (SSSR count). The summed E-state index contributed by atoms with van der Waals surface area (Å²) in [5, 5.41) is 21.1. The van der Waals surface area contributed by atoms with Crippen molar-refractivity contribution < 1.29 is 19.4 Å². The zero-order chi connectivity index (χ0) is 31.8. The number of nitrogens with zero attached hydrogens (tertiary/aromatic N) is 5. The van der Waals surface area contributed by atoms with Crippen molar-refractivity contribution >= 4 is 60.7 Å². The Hall–Kier alpha value is -5.58. The highest BCUT2D eigenvalue weighted by Gasteiger charge is 2.27. The van der Waals surface area contributed by atoms with Crippen LogP contribution >= 0.6 is 22.7 Å². The average molecular weight is 648 g/mol. The maximum Gasteiger partial charge on any atom is 0.355 e. The molecule has 0 aliphatic carbocycles. The quantitative estimate of drug-likeness (QED) is 0.149. The van der Waals surface area contributed by atoms with Crippen molar-refractivity contribution in [3.8, 4) is 17.0 Å². The topological polar surface area (TPSA) is 138 Å². The second-order valence-corrected chi connectivity index (χ2v) is 12.7. The molecular formula is C33H25N7O4S2. The van der Waals surface area contributed by atoms with Gasteiger partial charge in [0.1, 0.15) is 12.4 Å². The largest absolute Gasteiger partial charge is 0.488 e. The van der Waals surface area contributed by atoms with Crippen molar-refractivity contribution in [3.63, 3.8) is 0 Å². The summed E-state index contributed by atoms with van der Waals surface area (Å²) >= 11 is 2.68. The number of hydrogen-bond acceptors (Lipinski definition) is 9. The van der Waals surface area contributed by atoms with Crippen LogP contribution in [0.4, 0.5) is 16.0 Å². The molecule has 4 heterocycles. The molecule has 228 valence electrons. The van der Waals surface area contributed by atoms with Crippen LogP contribution in [0.25, 0.3) is 26.3 Å². The van der Waals surface area contributed by atoms with Crippen LogP contribution in [0.1, 0.15) is 42.5 Å². The molecule has 0 atom stereocenters. The number of rotatable bonds is 8. The van der Waals surface area contributed by atoms with Gasteiger partial charge in [0.15, 0.2) is 16.0 Å². The minimum absolute atomic E-state index is 0.00171. The van der Waals surface area contributed by atoms with Gasteiger partial charge in [-0.2, -0.15) is 5.10 Å². The molecule has 1 aliphatic rings. The van der Waals surface area contributed by atoms with Crippen molar-refractivity contribution in [2.45, 2.75) is 26.5 Å². The smallest absolute Gasteiger partial charge is 0.355 e. The number of carbonyl (C=O) groups excluding carboxylic acids is 1. The Morgan fingerprint density at radius 2 is 1.96 bits per heavy atom. The first kappa shape index (κ1) is 29.1. The first-order chi connectivity index (χ1) is 22.4. The zero-order valence-electron chi connectivity index (χ0n) is 24.4. The van der Waals surface area contributed by atoms with Crippen LogP contribution in [0.2, 0.25) is 0 Å². The minimum Gasteiger partial charge on any atom is -0.488 e. The lowest BCUT2D eigenvalue weighted by Gasteiger charge is -2.29. The zero-order valence-corrected chi connectivity index (χ0v) is 26.0.